The molecule has 0 fully saturated rings. The molecule has 0 rings (SSSR count). The molecule has 0 aromatic carbocycles. The molecule has 0 aromatic heterocycles. The Labute approximate surface area is 133 Å². The first-order valence-corrected chi connectivity index (χ1v) is 2.83. The summed E-state index contributed by atoms with van der Waals surface area (Å²) in [5.74, 6) is 0. The van der Waals surface area contributed by atoms with Gasteiger partial charge in [-0.2, -0.15) is 0 Å². The van der Waals surface area contributed by atoms with Crippen LogP contribution in [0, 0.1) is 0 Å². The fourth-order valence-corrected chi connectivity index (χ4v) is 0. The van der Waals surface area contributed by atoms with Crippen molar-refractivity contribution in [3.8, 4) is 0 Å². The van der Waals surface area contributed by atoms with Gasteiger partial charge in [-0.15, -0.1) is 0 Å². The Morgan fingerprint density at radius 3 is 1.12 bits per heavy atom. The van der Waals surface area contributed by atoms with Gasteiger partial charge in [0, 0.05) is 0 Å². The first-order chi connectivity index (χ1) is 2.83. The Morgan fingerprint density at radius 2 is 1.12 bits per heavy atom. The van der Waals surface area contributed by atoms with Gasteiger partial charge in [-0.3, -0.25) is 0 Å². The van der Waals surface area contributed by atoms with Crippen molar-refractivity contribution in [3.05, 3.63) is 0 Å². The molecule has 0 N–H and O–H groups in total. The van der Waals surface area contributed by atoms with Crippen LogP contribution >= 0.6 is 0 Å². The second-order valence-corrected chi connectivity index (χ2v) is 0.577. The van der Waals surface area contributed by atoms with E-state index in [1.807, 2.05) is 0 Å². The topological polar surface area (TPSA) is 80.3 Å². The fourth-order valence-electron chi connectivity index (χ4n) is 0. The van der Waals surface area contributed by atoms with Crippen LogP contribution in [0.5, 0.6) is 0 Å². The predicted molar refractivity (Wildman–Crippen MR) is 26.6 cm³/mol. The maximum atomic E-state index is 8.46. The zero-order valence-corrected chi connectivity index (χ0v) is 13.2. The number of hydrogen-bond donors (Lipinski definition) is 0. The Bertz CT molecular complexity index is 42.2. The Hall–Kier alpha value is 3.10. The molecule has 0 unspecified atom stereocenters. The first kappa shape index (κ1) is 22.5. The molecule has 0 aromatic rings. The summed E-state index contributed by atoms with van der Waals surface area (Å²) in [6, 6.07) is 0. The molecule has 0 atom stereocenters. The summed E-state index contributed by atoms with van der Waals surface area (Å²) >= 11 is -3.50. The van der Waals surface area contributed by atoms with Crippen molar-refractivity contribution in [2.24, 2.45) is 0 Å². The van der Waals surface area contributed by atoms with Crippen LogP contribution in [-0.4, -0.2) is 118 Å². The molecule has 0 saturated carbocycles. The van der Waals surface area contributed by atoms with Gasteiger partial charge in [-0.1, -0.05) is 0 Å². The van der Waals surface area contributed by atoms with Crippen LogP contribution in [0.25, 0.3) is 0 Å². The SMILES string of the molecule is [Ba+2].[Ca+2].[H-].[H-].[O]=[Al][O-].[O]=[Al][O-]. The summed E-state index contributed by atoms with van der Waals surface area (Å²) in [5.41, 5.74) is 0. The molecule has 0 aliphatic heterocycles. The minimum absolute atomic E-state index is 0. The van der Waals surface area contributed by atoms with Crippen molar-refractivity contribution < 1.29 is 18.8 Å². The van der Waals surface area contributed by atoms with E-state index in [2.05, 4.69) is 0 Å². The average Bonchev–Trinajstić information content (AvgIpc) is 1.39. The summed E-state index contributed by atoms with van der Waals surface area (Å²) < 4.78 is 33.8. The fraction of sp³-hybridized carbons (Fsp3) is 0. The van der Waals surface area contributed by atoms with Crippen LogP contribution in [0.2, 0.25) is 0 Å². The van der Waals surface area contributed by atoms with Gasteiger partial charge >= 0.3 is 134 Å². The quantitative estimate of drug-likeness (QED) is 0.428. The number of rotatable bonds is 0. The molecule has 36 valence electrons. The zero-order chi connectivity index (χ0) is 5.41. The van der Waals surface area contributed by atoms with E-state index in [0.29, 0.717) is 0 Å². The van der Waals surface area contributed by atoms with Crippen molar-refractivity contribution in [2.45, 2.75) is 0 Å². The van der Waals surface area contributed by atoms with Crippen LogP contribution in [0.4, 0.5) is 0 Å². The molecule has 0 saturated heterocycles. The molecule has 0 aliphatic rings. The van der Waals surface area contributed by atoms with E-state index in [1.165, 1.54) is 0 Å². The molecule has 0 heterocycles. The molecule has 8 heteroatoms. The van der Waals surface area contributed by atoms with Crippen molar-refractivity contribution in [2.75, 3.05) is 0 Å². The predicted octanol–water partition coefficient (Wildman–Crippen LogP) is -3.91. The van der Waals surface area contributed by atoms with Gasteiger partial charge in [-0.25, -0.2) is 0 Å². The second kappa shape index (κ2) is 32.2. The standard InChI is InChI=1S/2Al.Ba.Ca.4O.2H/q;;2*+2;;;4*-1. The van der Waals surface area contributed by atoms with Crippen molar-refractivity contribution in [3.63, 3.8) is 0 Å². The minimum atomic E-state index is -1.75. The summed E-state index contributed by atoms with van der Waals surface area (Å²) in [4.78, 5) is 0. The Balaban J connectivity index is -0.00000000571. The molecule has 4 nitrogen and oxygen atoms in total. The van der Waals surface area contributed by atoms with Gasteiger partial charge in [0.05, 0.1) is 0 Å². The molecule has 0 amide bonds. The maximum absolute atomic E-state index is 8.46. The van der Waals surface area contributed by atoms with Crippen LogP contribution < -0.4 is 8.32 Å². The Kier molecular flexibility index (Phi) is 90.3. The molecular formula is H2Al2BaCaO4. The second-order valence-electron chi connectivity index (χ2n) is 0.192. The van der Waals surface area contributed by atoms with Crippen molar-refractivity contribution >= 4 is 118 Å². The molecule has 8 heavy (non-hydrogen) atoms. The van der Waals surface area contributed by atoms with Crippen LogP contribution in [-0.2, 0) is 7.61 Å². The number of hydrogen-bond acceptors (Lipinski definition) is 4. The van der Waals surface area contributed by atoms with E-state index >= 15 is 0 Å². The van der Waals surface area contributed by atoms with E-state index < -0.39 is 31.0 Å². The van der Waals surface area contributed by atoms with E-state index in [0.717, 1.165) is 0 Å². The molecule has 0 aliphatic carbocycles. The van der Waals surface area contributed by atoms with Crippen LogP contribution in [0.1, 0.15) is 2.85 Å². The van der Waals surface area contributed by atoms with Gasteiger partial charge < -0.3 is 2.85 Å². The third-order valence-electron chi connectivity index (χ3n) is 0. The van der Waals surface area contributed by atoms with E-state index in [-0.39, 0.29) is 89.5 Å². The normalized spacial score (nSPS) is 2.00. The van der Waals surface area contributed by atoms with E-state index in [1.54, 1.807) is 0 Å². The third kappa shape index (κ3) is 62.2. The van der Waals surface area contributed by atoms with E-state index in [4.69, 9.17) is 15.9 Å². The zero-order valence-electron chi connectivity index (χ0n) is 6.20. The van der Waals surface area contributed by atoms with Gasteiger partial charge in [-0.05, 0) is 0 Å². The van der Waals surface area contributed by atoms with Gasteiger partial charge in [0.25, 0.3) is 0 Å². The average molecular weight is 297 g/mol. The van der Waals surface area contributed by atoms with Crippen molar-refractivity contribution in [1.29, 1.82) is 0 Å². The van der Waals surface area contributed by atoms with Gasteiger partial charge in [0.1, 0.15) is 0 Å². The molecule has 0 bridgehead atoms. The van der Waals surface area contributed by atoms with Crippen LogP contribution in [0.3, 0.4) is 0 Å². The molecule has 0 radical (unpaired) electrons. The summed E-state index contributed by atoms with van der Waals surface area (Å²) in [7, 11) is 0. The van der Waals surface area contributed by atoms with Gasteiger partial charge in [0.15, 0.2) is 0 Å². The third-order valence-corrected chi connectivity index (χ3v) is 0. The van der Waals surface area contributed by atoms with Gasteiger partial charge in [0.2, 0.25) is 0 Å². The summed E-state index contributed by atoms with van der Waals surface area (Å²) in [6.07, 6.45) is 0. The van der Waals surface area contributed by atoms with E-state index in [9.17, 15) is 0 Å². The first-order valence-electron chi connectivity index (χ1n) is 0.943. The van der Waals surface area contributed by atoms with Crippen molar-refractivity contribution in [1.82, 2.24) is 0 Å². The summed E-state index contributed by atoms with van der Waals surface area (Å²) in [6.45, 7) is 0. The molecular weight excluding hydrogens is 295 g/mol. The molecule has 0 spiro atoms. The Morgan fingerprint density at radius 1 is 1.12 bits per heavy atom. The summed E-state index contributed by atoms with van der Waals surface area (Å²) in [5, 5.41) is 0. The van der Waals surface area contributed by atoms with Crippen LogP contribution in [0.15, 0.2) is 0 Å². The monoisotopic (exact) mass is 298 g/mol.